The molecule has 1 aliphatic rings. The van der Waals surface area contributed by atoms with Gasteiger partial charge in [-0.2, -0.15) is 0 Å². The smallest absolute Gasteiger partial charge is 0.407 e. The maximum atomic E-state index is 12.1. The van der Waals surface area contributed by atoms with E-state index in [4.69, 9.17) is 10.5 Å². The van der Waals surface area contributed by atoms with E-state index in [2.05, 4.69) is 10.3 Å². The average molecular weight is 393 g/mol. The Hall–Kier alpha value is -2.06. The van der Waals surface area contributed by atoms with E-state index in [1.54, 1.807) is 18.0 Å². The molecule has 0 spiro atoms. The number of nitrogens with zero attached hydrogens (tertiary/aromatic N) is 2. The molecule has 8 heteroatoms. The number of carbonyl (C=O) groups excluding carboxylic acids is 2. The van der Waals surface area contributed by atoms with Gasteiger partial charge in [-0.25, -0.2) is 4.79 Å². The van der Waals surface area contributed by atoms with Gasteiger partial charge in [0.1, 0.15) is 6.61 Å². The lowest BCUT2D eigenvalue weighted by atomic mass is 10.1. The van der Waals surface area contributed by atoms with E-state index in [1.807, 2.05) is 36.1 Å². The van der Waals surface area contributed by atoms with Crippen molar-refractivity contribution >= 4 is 35.7 Å². The van der Waals surface area contributed by atoms with Crippen molar-refractivity contribution < 1.29 is 14.3 Å². The highest BCUT2D eigenvalue weighted by molar-refractivity contribution is 7.99. The van der Waals surface area contributed by atoms with Crippen LogP contribution in [0.5, 0.6) is 0 Å². The molecule has 1 aromatic carbocycles. The first-order valence-electron chi connectivity index (χ1n) is 9.20. The van der Waals surface area contributed by atoms with Gasteiger partial charge in [0.2, 0.25) is 5.91 Å². The van der Waals surface area contributed by atoms with Crippen molar-refractivity contribution in [2.24, 2.45) is 10.7 Å². The first-order valence-corrected chi connectivity index (χ1v) is 10.4. The van der Waals surface area contributed by atoms with Gasteiger partial charge < -0.3 is 20.7 Å². The molecule has 1 aliphatic heterocycles. The zero-order valence-corrected chi connectivity index (χ0v) is 16.5. The molecule has 1 heterocycles. The molecule has 2 rings (SSSR count). The SMILES string of the molecule is CC=Nc1ccc(COC(=O)NCCCCC(N)C(=O)N2CCSC2)cc1. The fraction of sp³-hybridized carbons (Fsp3) is 0.526. The highest BCUT2D eigenvalue weighted by Gasteiger charge is 2.23. The highest BCUT2D eigenvalue weighted by atomic mass is 32.2. The van der Waals surface area contributed by atoms with Crippen molar-refractivity contribution in [2.45, 2.75) is 38.8 Å². The predicted molar refractivity (Wildman–Crippen MR) is 109 cm³/mol. The van der Waals surface area contributed by atoms with Gasteiger partial charge in [-0.1, -0.05) is 12.1 Å². The second-order valence-corrected chi connectivity index (χ2v) is 7.37. The van der Waals surface area contributed by atoms with E-state index in [-0.39, 0.29) is 12.5 Å². The maximum absolute atomic E-state index is 12.1. The van der Waals surface area contributed by atoms with Crippen molar-refractivity contribution in [1.82, 2.24) is 10.2 Å². The molecule has 0 aromatic heterocycles. The lowest BCUT2D eigenvalue weighted by molar-refractivity contribution is -0.131. The summed E-state index contributed by atoms with van der Waals surface area (Å²) in [5.74, 6) is 1.76. The molecule has 2 amide bonds. The summed E-state index contributed by atoms with van der Waals surface area (Å²) in [4.78, 5) is 29.8. The minimum atomic E-state index is -0.448. The number of carbonyl (C=O) groups is 2. The second kappa shape index (κ2) is 11.6. The summed E-state index contributed by atoms with van der Waals surface area (Å²) in [7, 11) is 0. The van der Waals surface area contributed by atoms with Crippen LogP contribution in [-0.2, 0) is 16.1 Å². The van der Waals surface area contributed by atoms with Gasteiger partial charge in [0.15, 0.2) is 0 Å². The zero-order valence-electron chi connectivity index (χ0n) is 15.7. The van der Waals surface area contributed by atoms with Crippen LogP contribution >= 0.6 is 11.8 Å². The minimum absolute atomic E-state index is 0.0306. The Morgan fingerprint density at radius 3 is 2.81 bits per heavy atom. The summed E-state index contributed by atoms with van der Waals surface area (Å²) in [5.41, 5.74) is 7.73. The number of hydrogen-bond acceptors (Lipinski definition) is 6. The molecular formula is C19H28N4O3S. The van der Waals surface area contributed by atoms with Crippen LogP contribution in [0, 0.1) is 0 Å². The van der Waals surface area contributed by atoms with Crippen molar-refractivity contribution in [2.75, 3.05) is 24.7 Å². The number of alkyl carbamates (subject to hydrolysis) is 1. The number of unbranched alkanes of at least 4 members (excludes halogenated alkanes) is 1. The van der Waals surface area contributed by atoms with Crippen LogP contribution in [0.1, 0.15) is 31.7 Å². The van der Waals surface area contributed by atoms with Gasteiger partial charge in [0, 0.05) is 25.1 Å². The predicted octanol–water partition coefficient (Wildman–Crippen LogP) is 2.67. The number of aliphatic imine (C=N–C) groups is 1. The van der Waals surface area contributed by atoms with Crippen molar-refractivity contribution in [1.29, 1.82) is 0 Å². The summed E-state index contributed by atoms with van der Waals surface area (Å²) >= 11 is 1.75. The first kappa shape index (κ1) is 21.2. The highest BCUT2D eigenvalue weighted by Crippen LogP contribution is 2.15. The van der Waals surface area contributed by atoms with E-state index in [0.717, 1.165) is 42.3 Å². The summed E-state index contributed by atoms with van der Waals surface area (Å²) in [6.45, 7) is 3.37. The Morgan fingerprint density at radius 2 is 2.15 bits per heavy atom. The summed E-state index contributed by atoms with van der Waals surface area (Å²) in [6.07, 6.45) is 3.46. The van der Waals surface area contributed by atoms with E-state index >= 15 is 0 Å². The average Bonchev–Trinajstić information content (AvgIpc) is 3.21. The molecule has 148 valence electrons. The van der Waals surface area contributed by atoms with E-state index < -0.39 is 12.1 Å². The lowest BCUT2D eigenvalue weighted by Gasteiger charge is -2.19. The standard InChI is InChI=1S/C19H28N4O3S/c1-2-21-16-8-6-15(7-9-16)13-26-19(25)22-10-4-3-5-17(20)18(24)23-11-12-27-14-23/h2,6-9,17H,3-5,10-14,20H2,1H3,(H,22,25). The van der Waals surface area contributed by atoms with Gasteiger partial charge >= 0.3 is 6.09 Å². The summed E-state index contributed by atoms with van der Waals surface area (Å²) < 4.78 is 5.19. The zero-order chi connectivity index (χ0) is 19.5. The van der Waals surface area contributed by atoms with E-state index in [9.17, 15) is 9.59 Å². The first-order chi connectivity index (χ1) is 13.1. The maximum Gasteiger partial charge on any atom is 0.407 e. The lowest BCUT2D eigenvalue weighted by Crippen LogP contribution is -2.42. The number of nitrogens with one attached hydrogen (secondary N) is 1. The molecule has 0 aliphatic carbocycles. The fourth-order valence-corrected chi connectivity index (χ4v) is 3.61. The Kier molecular flexibility index (Phi) is 9.13. The number of thioether (sulfide) groups is 1. The molecule has 27 heavy (non-hydrogen) atoms. The van der Waals surface area contributed by atoms with Crippen molar-refractivity contribution in [3.05, 3.63) is 29.8 Å². The number of ether oxygens (including phenoxy) is 1. The van der Waals surface area contributed by atoms with Gasteiger partial charge in [0.25, 0.3) is 0 Å². The molecule has 0 bridgehead atoms. The number of rotatable bonds is 9. The molecule has 1 fully saturated rings. The van der Waals surface area contributed by atoms with Crippen LogP contribution in [-0.4, -0.2) is 53.9 Å². The number of amides is 2. The molecule has 1 atom stereocenters. The Bertz CT molecular complexity index is 630. The van der Waals surface area contributed by atoms with E-state index in [0.29, 0.717) is 13.0 Å². The van der Waals surface area contributed by atoms with Gasteiger partial charge in [-0.3, -0.25) is 9.79 Å². The Labute approximate surface area is 164 Å². The van der Waals surface area contributed by atoms with Crippen LogP contribution in [0.15, 0.2) is 29.3 Å². The molecule has 7 nitrogen and oxygen atoms in total. The molecule has 3 N–H and O–H groups in total. The van der Waals surface area contributed by atoms with Gasteiger partial charge in [-0.05, 0) is 43.9 Å². The number of benzene rings is 1. The summed E-state index contributed by atoms with van der Waals surface area (Å²) in [5, 5.41) is 2.72. The molecule has 1 saturated heterocycles. The van der Waals surface area contributed by atoms with Crippen LogP contribution < -0.4 is 11.1 Å². The van der Waals surface area contributed by atoms with Crippen LogP contribution in [0.4, 0.5) is 10.5 Å². The monoisotopic (exact) mass is 392 g/mol. The Morgan fingerprint density at radius 1 is 1.37 bits per heavy atom. The minimum Gasteiger partial charge on any atom is -0.445 e. The molecular weight excluding hydrogens is 364 g/mol. The second-order valence-electron chi connectivity index (χ2n) is 6.30. The van der Waals surface area contributed by atoms with Crippen LogP contribution in [0.3, 0.4) is 0 Å². The topological polar surface area (TPSA) is 97.0 Å². The largest absolute Gasteiger partial charge is 0.445 e. The van der Waals surface area contributed by atoms with Crippen LogP contribution in [0.2, 0.25) is 0 Å². The third-order valence-electron chi connectivity index (χ3n) is 4.18. The third kappa shape index (κ3) is 7.60. The quantitative estimate of drug-likeness (QED) is 0.497. The van der Waals surface area contributed by atoms with Crippen molar-refractivity contribution in [3.8, 4) is 0 Å². The number of hydrogen-bond donors (Lipinski definition) is 2. The summed E-state index contributed by atoms with van der Waals surface area (Å²) in [6, 6.07) is 7.07. The number of nitrogens with two attached hydrogens (primary N) is 1. The van der Waals surface area contributed by atoms with E-state index in [1.165, 1.54) is 0 Å². The van der Waals surface area contributed by atoms with Gasteiger partial charge in [0.05, 0.1) is 17.6 Å². The van der Waals surface area contributed by atoms with Gasteiger partial charge in [-0.15, -0.1) is 11.8 Å². The molecule has 1 aromatic rings. The fourth-order valence-electron chi connectivity index (χ4n) is 2.65. The van der Waals surface area contributed by atoms with Crippen molar-refractivity contribution in [3.63, 3.8) is 0 Å². The molecule has 1 unspecified atom stereocenters. The molecule has 0 radical (unpaired) electrons. The Balaban J connectivity index is 1.54. The third-order valence-corrected chi connectivity index (χ3v) is 5.14. The molecule has 0 saturated carbocycles. The normalized spacial score (nSPS) is 15.1. The van der Waals surface area contributed by atoms with Crippen LogP contribution in [0.25, 0.3) is 0 Å².